The Kier molecular flexibility index (Phi) is 2.52. The molecule has 5 nitrogen and oxygen atoms in total. The molecular weight excluding hydrogens is 246 g/mol. The van der Waals surface area contributed by atoms with E-state index in [0.717, 1.165) is 16.9 Å². The first-order chi connectivity index (χ1) is 8.63. The minimum atomic E-state index is 0.586. The Morgan fingerprint density at radius 2 is 2.22 bits per heavy atom. The summed E-state index contributed by atoms with van der Waals surface area (Å²) in [5, 5.41) is 4.28. The summed E-state index contributed by atoms with van der Waals surface area (Å²) in [4.78, 5) is 7.43. The van der Waals surface area contributed by atoms with Crippen LogP contribution in [0.4, 0.5) is 0 Å². The minimum Gasteiger partial charge on any atom is -0.331 e. The molecule has 92 valence electrons. The molecule has 0 saturated heterocycles. The van der Waals surface area contributed by atoms with Gasteiger partial charge in [0.25, 0.3) is 0 Å². The molecule has 0 unspecified atom stereocenters. The summed E-state index contributed by atoms with van der Waals surface area (Å²) in [5.41, 5.74) is 3.34. The molecule has 0 bridgehead atoms. The number of aryl methyl sites for hydroxylation is 2. The van der Waals surface area contributed by atoms with Crippen LogP contribution in [0.1, 0.15) is 11.4 Å². The highest BCUT2D eigenvalue weighted by Gasteiger charge is 2.07. The molecule has 1 N–H and O–H groups in total. The second-order valence-corrected chi connectivity index (χ2v) is 4.76. The first-order valence-electron chi connectivity index (χ1n) is 5.67. The normalized spacial score (nSPS) is 11.2. The van der Waals surface area contributed by atoms with Crippen molar-refractivity contribution in [2.45, 2.75) is 13.5 Å². The van der Waals surface area contributed by atoms with Gasteiger partial charge in [0, 0.05) is 7.05 Å². The predicted octanol–water partition coefficient (Wildman–Crippen LogP) is 2.18. The molecule has 0 saturated carbocycles. The number of H-pyrrole nitrogens is 1. The minimum absolute atomic E-state index is 0.586. The lowest BCUT2D eigenvalue weighted by atomic mass is 10.2. The van der Waals surface area contributed by atoms with Crippen LogP contribution in [0.3, 0.4) is 0 Å². The number of benzene rings is 1. The maximum absolute atomic E-state index is 5.35. The number of aromatic amines is 1. The van der Waals surface area contributed by atoms with E-state index in [4.69, 9.17) is 12.2 Å². The van der Waals surface area contributed by atoms with Crippen molar-refractivity contribution in [1.29, 1.82) is 0 Å². The van der Waals surface area contributed by atoms with Gasteiger partial charge in [-0.05, 0) is 36.8 Å². The average Bonchev–Trinajstić information content (AvgIpc) is 2.86. The molecule has 0 aliphatic carbocycles. The van der Waals surface area contributed by atoms with Crippen molar-refractivity contribution in [3.05, 3.63) is 40.7 Å². The number of rotatable bonds is 2. The van der Waals surface area contributed by atoms with Crippen LogP contribution in [0.2, 0.25) is 0 Å². The number of aromatic nitrogens is 5. The number of hydrogen-bond acceptors (Lipinski definition) is 3. The first kappa shape index (κ1) is 11.2. The molecule has 0 spiro atoms. The molecule has 1 aromatic carbocycles. The van der Waals surface area contributed by atoms with E-state index in [1.165, 1.54) is 5.56 Å². The fourth-order valence-corrected chi connectivity index (χ4v) is 2.29. The Labute approximate surface area is 109 Å². The van der Waals surface area contributed by atoms with Crippen LogP contribution in [-0.2, 0) is 13.6 Å². The van der Waals surface area contributed by atoms with Crippen LogP contribution in [0.15, 0.2) is 24.5 Å². The molecule has 0 fully saturated rings. The molecular formula is C12H13N5S. The van der Waals surface area contributed by atoms with E-state index in [0.29, 0.717) is 11.3 Å². The lowest BCUT2D eigenvalue weighted by Crippen LogP contribution is -2.02. The van der Waals surface area contributed by atoms with Gasteiger partial charge in [0.2, 0.25) is 0 Å². The lowest BCUT2D eigenvalue weighted by molar-refractivity contribution is 0.707. The summed E-state index contributed by atoms with van der Waals surface area (Å²) >= 11 is 5.35. The standard InChI is InChI=1S/C12H13N5S/c1-8-3-4-9-10(5-8)17(12(18)14-9)6-11-13-7-16(2)15-11/h3-5,7H,6H2,1-2H3,(H,14,18). The van der Waals surface area contributed by atoms with Gasteiger partial charge in [-0.1, -0.05) is 6.07 Å². The van der Waals surface area contributed by atoms with Gasteiger partial charge in [0.1, 0.15) is 6.33 Å². The summed E-state index contributed by atoms with van der Waals surface area (Å²) in [6.45, 7) is 2.65. The molecule has 6 heteroatoms. The van der Waals surface area contributed by atoms with Crippen LogP contribution >= 0.6 is 12.2 Å². The van der Waals surface area contributed by atoms with Crippen molar-refractivity contribution in [1.82, 2.24) is 24.3 Å². The topological polar surface area (TPSA) is 51.4 Å². The number of imidazole rings is 1. The molecule has 18 heavy (non-hydrogen) atoms. The highest BCUT2D eigenvalue weighted by atomic mass is 32.1. The molecule has 3 rings (SSSR count). The van der Waals surface area contributed by atoms with Gasteiger partial charge >= 0.3 is 0 Å². The van der Waals surface area contributed by atoms with Crippen LogP contribution in [0, 0.1) is 11.7 Å². The van der Waals surface area contributed by atoms with Crippen molar-refractivity contribution < 1.29 is 0 Å². The van der Waals surface area contributed by atoms with E-state index in [9.17, 15) is 0 Å². The molecule has 3 aromatic rings. The fraction of sp³-hybridized carbons (Fsp3) is 0.250. The van der Waals surface area contributed by atoms with Gasteiger partial charge in [-0.25, -0.2) is 4.98 Å². The number of hydrogen-bond donors (Lipinski definition) is 1. The molecule has 2 heterocycles. The van der Waals surface area contributed by atoms with E-state index in [1.54, 1.807) is 11.0 Å². The number of nitrogens with one attached hydrogen (secondary N) is 1. The van der Waals surface area contributed by atoms with E-state index in [-0.39, 0.29) is 0 Å². The van der Waals surface area contributed by atoms with Crippen LogP contribution < -0.4 is 0 Å². The number of nitrogens with zero attached hydrogens (tertiary/aromatic N) is 4. The van der Waals surface area contributed by atoms with E-state index < -0.39 is 0 Å². The first-order valence-corrected chi connectivity index (χ1v) is 6.08. The fourth-order valence-electron chi connectivity index (χ4n) is 2.02. The second-order valence-electron chi connectivity index (χ2n) is 4.37. The SMILES string of the molecule is Cc1ccc2[nH]c(=S)n(Cc3ncn(C)n3)c2c1. The summed E-state index contributed by atoms with van der Waals surface area (Å²) in [5.74, 6) is 0.760. The predicted molar refractivity (Wildman–Crippen MR) is 72.0 cm³/mol. The highest BCUT2D eigenvalue weighted by molar-refractivity contribution is 7.71. The van der Waals surface area contributed by atoms with Gasteiger partial charge in [0.15, 0.2) is 10.6 Å². The smallest absolute Gasteiger partial charge is 0.178 e. The lowest BCUT2D eigenvalue weighted by Gasteiger charge is -2.01. The molecule has 0 radical (unpaired) electrons. The largest absolute Gasteiger partial charge is 0.331 e. The highest BCUT2D eigenvalue weighted by Crippen LogP contribution is 2.16. The van der Waals surface area contributed by atoms with Crippen molar-refractivity contribution >= 4 is 23.3 Å². The molecule has 0 aliphatic heterocycles. The monoisotopic (exact) mass is 259 g/mol. The molecule has 2 aromatic heterocycles. The summed E-state index contributed by atoms with van der Waals surface area (Å²) < 4.78 is 4.41. The van der Waals surface area contributed by atoms with Crippen molar-refractivity contribution in [2.75, 3.05) is 0 Å². The summed E-state index contributed by atoms with van der Waals surface area (Å²) in [6, 6.07) is 6.23. The summed E-state index contributed by atoms with van der Waals surface area (Å²) in [6.07, 6.45) is 1.69. The summed E-state index contributed by atoms with van der Waals surface area (Å²) in [7, 11) is 1.86. The molecule has 0 amide bonds. The Morgan fingerprint density at radius 1 is 1.39 bits per heavy atom. The van der Waals surface area contributed by atoms with E-state index >= 15 is 0 Å². The van der Waals surface area contributed by atoms with E-state index in [2.05, 4.69) is 34.1 Å². The number of fused-ring (bicyclic) bond motifs is 1. The Hall–Kier alpha value is -1.95. The third-order valence-electron chi connectivity index (χ3n) is 2.88. The third kappa shape index (κ3) is 1.84. The van der Waals surface area contributed by atoms with Crippen LogP contribution in [0.5, 0.6) is 0 Å². The zero-order valence-electron chi connectivity index (χ0n) is 10.2. The van der Waals surface area contributed by atoms with Gasteiger partial charge in [-0.3, -0.25) is 4.68 Å². The average molecular weight is 259 g/mol. The van der Waals surface area contributed by atoms with Crippen LogP contribution in [0.25, 0.3) is 11.0 Å². The van der Waals surface area contributed by atoms with Gasteiger partial charge < -0.3 is 9.55 Å². The van der Waals surface area contributed by atoms with Gasteiger partial charge in [-0.15, -0.1) is 0 Å². The Balaban J connectivity index is 2.13. The second kappa shape index (κ2) is 4.06. The Bertz CT molecular complexity index is 764. The maximum Gasteiger partial charge on any atom is 0.178 e. The quantitative estimate of drug-likeness (QED) is 0.718. The van der Waals surface area contributed by atoms with Crippen molar-refractivity contribution in [2.24, 2.45) is 7.05 Å². The molecule has 0 aliphatic rings. The van der Waals surface area contributed by atoms with Crippen molar-refractivity contribution in [3.8, 4) is 0 Å². The zero-order chi connectivity index (χ0) is 12.7. The van der Waals surface area contributed by atoms with Gasteiger partial charge in [0.05, 0.1) is 17.6 Å². The maximum atomic E-state index is 5.35. The van der Waals surface area contributed by atoms with Crippen molar-refractivity contribution in [3.63, 3.8) is 0 Å². The van der Waals surface area contributed by atoms with E-state index in [1.807, 2.05) is 17.7 Å². The third-order valence-corrected chi connectivity index (χ3v) is 3.20. The zero-order valence-corrected chi connectivity index (χ0v) is 11.0. The van der Waals surface area contributed by atoms with Gasteiger partial charge in [-0.2, -0.15) is 5.10 Å². The molecule has 0 atom stereocenters. The van der Waals surface area contributed by atoms with Crippen LogP contribution in [-0.4, -0.2) is 24.3 Å². The Morgan fingerprint density at radius 3 is 2.94 bits per heavy atom.